The minimum Gasteiger partial charge on any atom is -0.477 e. The number of carboxylic acids is 1. The largest absolute Gasteiger partial charge is 0.477 e. The Morgan fingerprint density at radius 1 is 1.21 bits per heavy atom. The third kappa shape index (κ3) is 2.81. The summed E-state index contributed by atoms with van der Waals surface area (Å²) in [5, 5.41) is 10.0. The van der Waals surface area contributed by atoms with Gasteiger partial charge in [-0.05, 0) is 47.7 Å². The fraction of sp³-hybridized carbons (Fsp3) is 0.0588. The second-order valence-electron chi connectivity index (χ2n) is 5.09. The van der Waals surface area contributed by atoms with Crippen molar-refractivity contribution >= 4 is 34.8 Å². The van der Waals surface area contributed by atoms with E-state index in [1.165, 1.54) is 0 Å². The summed E-state index contributed by atoms with van der Waals surface area (Å²) in [7, 11) is 0. The molecule has 120 valence electrons. The zero-order chi connectivity index (χ0) is 16.5. The van der Waals surface area contributed by atoms with Gasteiger partial charge in [-0.15, -0.1) is 0 Å². The Hall–Kier alpha value is -2.93. The number of nitrogens with one attached hydrogen (secondary N) is 1. The number of aliphatic carboxylic acids is 1. The van der Waals surface area contributed by atoms with Crippen molar-refractivity contribution in [1.82, 2.24) is 9.97 Å². The van der Waals surface area contributed by atoms with Gasteiger partial charge in [-0.2, -0.15) is 0 Å². The number of aromatic amines is 1. The Bertz CT molecular complexity index is 931. The van der Waals surface area contributed by atoms with E-state index >= 15 is 0 Å². The van der Waals surface area contributed by atoms with Gasteiger partial charge in [0.2, 0.25) is 6.79 Å². The van der Waals surface area contributed by atoms with Crippen LogP contribution in [-0.4, -0.2) is 27.8 Å². The van der Waals surface area contributed by atoms with E-state index in [1.807, 2.05) is 24.3 Å². The van der Waals surface area contributed by atoms with Crippen LogP contribution in [0.25, 0.3) is 17.1 Å². The van der Waals surface area contributed by atoms with Crippen LogP contribution in [0.4, 0.5) is 0 Å². The lowest BCUT2D eigenvalue weighted by Crippen LogP contribution is -1.97. The summed E-state index contributed by atoms with van der Waals surface area (Å²) in [6, 6.07) is 12.9. The average molecular weight is 340 g/mol. The van der Waals surface area contributed by atoms with Crippen molar-refractivity contribution in [3.05, 3.63) is 52.9 Å². The zero-order valence-electron chi connectivity index (χ0n) is 12.4. The van der Waals surface area contributed by atoms with Crippen LogP contribution < -0.4 is 9.47 Å². The van der Waals surface area contributed by atoms with E-state index in [-0.39, 0.29) is 11.7 Å². The Labute approximate surface area is 141 Å². The summed E-state index contributed by atoms with van der Waals surface area (Å²) in [5.74, 6) is 0.259. The number of fused-ring (bicyclic) bond motifs is 2. The quantitative estimate of drug-likeness (QED) is 0.558. The molecule has 1 aliphatic heterocycles. The van der Waals surface area contributed by atoms with Crippen LogP contribution >= 0.6 is 11.8 Å². The fourth-order valence-electron chi connectivity index (χ4n) is 2.37. The molecule has 0 amide bonds. The molecular weight excluding hydrogens is 328 g/mol. The number of benzene rings is 2. The first-order valence-electron chi connectivity index (χ1n) is 7.16. The van der Waals surface area contributed by atoms with Crippen molar-refractivity contribution in [1.29, 1.82) is 0 Å². The highest BCUT2D eigenvalue weighted by Gasteiger charge is 2.16. The van der Waals surface area contributed by atoms with Crippen LogP contribution in [-0.2, 0) is 4.79 Å². The maximum atomic E-state index is 11.6. The number of para-hydroxylation sites is 2. The van der Waals surface area contributed by atoms with Gasteiger partial charge in [-0.3, -0.25) is 0 Å². The first kappa shape index (κ1) is 14.6. The number of thioether (sulfide) groups is 1. The van der Waals surface area contributed by atoms with E-state index in [1.54, 1.807) is 24.3 Å². The van der Waals surface area contributed by atoms with Gasteiger partial charge in [0.05, 0.1) is 11.0 Å². The molecule has 0 saturated heterocycles. The van der Waals surface area contributed by atoms with Gasteiger partial charge in [-0.1, -0.05) is 18.2 Å². The monoisotopic (exact) mass is 340 g/mol. The molecular formula is C17H12N2O4S. The van der Waals surface area contributed by atoms with Crippen LogP contribution in [0.1, 0.15) is 5.56 Å². The van der Waals surface area contributed by atoms with Gasteiger partial charge < -0.3 is 19.6 Å². The predicted octanol–water partition coefficient (Wildman–Crippen LogP) is 3.51. The van der Waals surface area contributed by atoms with Crippen molar-refractivity contribution in [2.45, 2.75) is 5.16 Å². The van der Waals surface area contributed by atoms with Crippen molar-refractivity contribution in [3.63, 3.8) is 0 Å². The van der Waals surface area contributed by atoms with Crippen LogP contribution in [0, 0.1) is 0 Å². The Balaban J connectivity index is 1.65. The van der Waals surface area contributed by atoms with Crippen molar-refractivity contribution < 1.29 is 19.4 Å². The Kier molecular flexibility index (Phi) is 3.62. The second kappa shape index (κ2) is 5.93. The van der Waals surface area contributed by atoms with Gasteiger partial charge in [0, 0.05) is 0 Å². The van der Waals surface area contributed by atoms with Crippen LogP contribution in [0.3, 0.4) is 0 Å². The smallest absolute Gasteiger partial charge is 0.342 e. The standard InChI is InChI=1S/C17H12N2O4S/c20-16(21)15(8-10-5-6-13-14(7-10)23-9-22-13)24-17-18-11-3-1-2-4-12(11)19-17/h1-8H,9H2,(H,18,19)(H,20,21)/b15-8-. The fourth-order valence-corrected chi connectivity index (χ4v) is 3.17. The number of imidazole rings is 1. The van der Waals surface area contributed by atoms with Gasteiger partial charge >= 0.3 is 5.97 Å². The first-order valence-corrected chi connectivity index (χ1v) is 7.98. The number of carboxylic acid groups (broad SMARTS) is 1. The van der Waals surface area contributed by atoms with Gasteiger partial charge in [0.1, 0.15) is 4.91 Å². The summed E-state index contributed by atoms with van der Waals surface area (Å²) in [6.45, 7) is 0.183. The molecule has 24 heavy (non-hydrogen) atoms. The second-order valence-corrected chi connectivity index (χ2v) is 6.12. The van der Waals surface area contributed by atoms with E-state index in [0.29, 0.717) is 16.7 Å². The number of H-pyrrole nitrogens is 1. The Morgan fingerprint density at radius 3 is 2.88 bits per heavy atom. The third-order valence-electron chi connectivity index (χ3n) is 3.48. The average Bonchev–Trinajstić information content (AvgIpc) is 3.19. The molecule has 4 rings (SSSR count). The lowest BCUT2D eigenvalue weighted by molar-refractivity contribution is -0.131. The summed E-state index contributed by atoms with van der Waals surface area (Å²) in [5.41, 5.74) is 2.39. The van der Waals surface area contributed by atoms with Crippen molar-refractivity contribution in [3.8, 4) is 11.5 Å². The van der Waals surface area contributed by atoms with Crippen LogP contribution in [0.2, 0.25) is 0 Å². The van der Waals surface area contributed by atoms with Gasteiger partial charge in [0.15, 0.2) is 16.7 Å². The summed E-state index contributed by atoms with van der Waals surface area (Å²) in [4.78, 5) is 19.2. The topological polar surface area (TPSA) is 84.4 Å². The lowest BCUT2D eigenvalue weighted by atomic mass is 10.2. The number of rotatable bonds is 4. The van der Waals surface area contributed by atoms with E-state index in [9.17, 15) is 9.90 Å². The number of aromatic nitrogens is 2. The number of carbonyl (C=O) groups is 1. The maximum absolute atomic E-state index is 11.6. The highest BCUT2D eigenvalue weighted by molar-refractivity contribution is 8.04. The minimum absolute atomic E-state index is 0.160. The number of hydrogen-bond donors (Lipinski definition) is 2. The molecule has 0 atom stereocenters. The number of nitrogens with zero attached hydrogens (tertiary/aromatic N) is 1. The molecule has 2 heterocycles. The van der Waals surface area contributed by atoms with E-state index in [4.69, 9.17) is 9.47 Å². The van der Waals surface area contributed by atoms with Crippen molar-refractivity contribution in [2.75, 3.05) is 6.79 Å². The molecule has 0 aliphatic carbocycles. The van der Waals surface area contributed by atoms with Gasteiger partial charge in [0.25, 0.3) is 0 Å². The number of ether oxygens (including phenoxy) is 2. The highest BCUT2D eigenvalue weighted by atomic mass is 32.2. The normalized spacial score (nSPS) is 13.4. The Morgan fingerprint density at radius 2 is 2.04 bits per heavy atom. The molecule has 0 saturated carbocycles. The molecule has 3 aromatic rings. The van der Waals surface area contributed by atoms with Crippen LogP contribution in [0.15, 0.2) is 52.5 Å². The highest BCUT2D eigenvalue weighted by Crippen LogP contribution is 2.34. The molecule has 1 aromatic heterocycles. The van der Waals surface area contributed by atoms with Crippen molar-refractivity contribution in [2.24, 2.45) is 0 Å². The summed E-state index contributed by atoms with van der Waals surface area (Å²) >= 11 is 1.07. The zero-order valence-corrected chi connectivity index (χ0v) is 13.2. The molecule has 0 unspecified atom stereocenters. The first-order chi connectivity index (χ1) is 11.7. The predicted molar refractivity (Wildman–Crippen MR) is 90.1 cm³/mol. The summed E-state index contributed by atoms with van der Waals surface area (Å²) in [6.07, 6.45) is 1.59. The van der Waals surface area contributed by atoms with Gasteiger partial charge in [-0.25, -0.2) is 9.78 Å². The minimum atomic E-state index is -1.02. The van der Waals surface area contributed by atoms with E-state index in [2.05, 4.69) is 9.97 Å². The summed E-state index contributed by atoms with van der Waals surface area (Å²) < 4.78 is 10.6. The molecule has 0 bridgehead atoms. The molecule has 2 aromatic carbocycles. The molecule has 7 heteroatoms. The lowest BCUT2D eigenvalue weighted by Gasteiger charge is -2.01. The molecule has 0 spiro atoms. The molecule has 2 N–H and O–H groups in total. The third-order valence-corrected chi connectivity index (χ3v) is 4.38. The van der Waals surface area contributed by atoms with E-state index < -0.39 is 5.97 Å². The molecule has 6 nitrogen and oxygen atoms in total. The molecule has 1 aliphatic rings. The number of hydrogen-bond acceptors (Lipinski definition) is 5. The maximum Gasteiger partial charge on any atom is 0.342 e. The molecule has 0 radical (unpaired) electrons. The van der Waals surface area contributed by atoms with E-state index in [0.717, 1.165) is 28.4 Å². The molecule has 0 fully saturated rings. The van der Waals surface area contributed by atoms with Crippen LogP contribution in [0.5, 0.6) is 11.5 Å². The SMILES string of the molecule is O=C(O)/C(=C/c1ccc2c(c1)OCO2)Sc1nc2ccccc2[nH]1.